The number of hydrogen-bond acceptors (Lipinski definition) is 4. The maximum absolute atomic E-state index is 11.2. The van der Waals surface area contributed by atoms with Gasteiger partial charge in [-0.25, -0.2) is 0 Å². The Morgan fingerprint density at radius 3 is 2.81 bits per heavy atom. The third-order valence-electron chi connectivity index (χ3n) is 2.06. The first-order chi connectivity index (χ1) is 7.68. The van der Waals surface area contributed by atoms with Crippen LogP contribution in [0.1, 0.15) is 26.2 Å². The van der Waals surface area contributed by atoms with Crippen LogP contribution in [0.25, 0.3) is 0 Å². The highest BCUT2D eigenvalue weighted by molar-refractivity contribution is 5.83. The lowest BCUT2D eigenvalue weighted by molar-refractivity contribution is -0.124. The largest absolute Gasteiger partial charge is 0.356 e. The summed E-state index contributed by atoms with van der Waals surface area (Å²) in [6, 6.07) is 0. The molecule has 0 unspecified atom stereocenters. The van der Waals surface area contributed by atoms with Crippen molar-refractivity contribution in [2.45, 2.75) is 32.7 Å². The van der Waals surface area contributed by atoms with E-state index in [2.05, 4.69) is 15.6 Å². The van der Waals surface area contributed by atoms with Gasteiger partial charge in [-0.1, -0.05) is 5.21 Å². The van der Waals surface area contributed by atoms with Crippen LogP contribution in [-0.4, -0.2) is 33.2 Å². The van der Waals surface area contributed by atoms with Gasteiger partial charge in [0.2, 0.25) is 5.91 Å². The lowest BCUT2D eigenvalue weighted by atomic mass is 10.2. The van der Waals surface area contributed by atoms with Crippen LogP contribution in [0, 0.1) is 0 Å². The lowest BCUT2D eigenvalue weighted by Gasteiger charge is -2.04. The first-order valence-electron chi connectivity index (χ1n) is 5.28. The molecule has 1 N–H and O–H groups in total. The highest BCUT2D eigenvalue weighted by atomic mass is 16.2. The normalized spacial score (nSPS) is 10.1. The number of carbonyl (C=O) groups excluding carboxylic acids is 2. The van der Waals surface area contributed by atoms with E-state index in [4.69, 9.17) is 0 Å². The number of nitrogens with zero attached hydrogens (tertiary/aromatic N) is 3. The number of Topliss-reactive ketones (excluding diaryl/α,β-unsaturated/α-hetero) is 1. The van der Waals surface area contributed by atoms with E-state index >= 15 is 0 Å². The van der Waals surface area contributed by atoms with Gasteiger partial charge in [0.25, 0.3) is 0 Å². The maximum Gasteiger partial charge on any atom is 0.220 e. The molecule has 1 heterocycles. The molecule has 0 spiro atoms. The van der Waals surface area contributed by atoms with Gasteiger partial charge in [-0.2, -0.15) is 0 Å². The highest BCUT2D eigenvalue weighted by Crippen LogP contribution is 1.91. The van der Waals surface area contributed by atoms with E-state index in [1.807, 2.05) is 0 Å². The van der Waals surface area contributed by atoms with Crippen LogP contribution in [-0.2, 0) is 16.1 Å². The molecule has 6 nitrogen and oxygen atoms in total. The second kappa shape index (κ2) is 6.71. The highest BCUT2D eigenvalue weighted by Gasteiger charge is 2.02. The number of rotatable bonds is 7. The molecule has 0 bridgehead atoms. The maximum atomic E-state index is 11.2. The molecule has 0 fully saturated rings. The Kier molecular flexibility index (Phi) is 5.18. The predicted octanol–water partition coefficient (Wildman–Crippen LogP) is 0.154. The summed E-state index contributed by atoms with van der Waals surface area (Å²) >= 11 is 0. The van der Waals surface area contributed by atoms with Crippen molar-refractivity contribution in [3.63, 3.8) is 0 Å². The zero-order valence-corrected chi connectivity index (χ0v) is 9.35. The second-order valence-electron chi connectivity index (χ2n) is 3.57. The molecule has 0 aliphatic heterocycles. The number of hydrogen-bond donors (Lipinski definition) is 1. The molecule has 0 saturated carbocycles. The van der Waals surface area contributed by atoms with Crippen LogP contribution < -0.4 is 5.32 Å². The fourth-order valence-corrected chi connectivity index (χ4v) is 1.20. The Hall–Kier alpha value is -1.72. The average molecular weight is 224 g/mol. The molecule has 0 saturated heterocycles. The van der Waals surface area contributed by atoms with Crippen LogP contribution >= 0.6 is 0 Å². The third-order valence-corrected chi connectivity index (χ3v) is 2.06. The van der Waals surface area contributed by atoms with Crippen molar-refractivity contribution >= 4 is 11.7 Å². The molecule has 6 heteroatoms. The van der Waals surface area contributed by atoms with Crippen LogP contribution in [0.2, 0.25) is 0 Å². The minimum absolute atomic E-state index is 0.0396. The fraction of sp³-hybridized carbons (Fsp3) is 0.600. The SMILES string of the molecule is CC(=O)CCC(=O)NCCCn1ccnn1. The van der Waals surface area contributed by atoms with E-state index in [1.165, 1.54) is 6.92 Å². The van der Waals surface area contributed by atoms with Gasteiger partial charge in [0.15, 0.2) is 0 Å². The van der Waals surface area contributed by atoms with Gasteiger partial charge in [-0.3, -0.25) is 9.48 Å². The van der Waals surface area contributed by atoms with Gasteiger partial charge in [0, 0.05) is 32.1 Å². The first kappa shape index (κ1) is 12.4. The standard InChI is InChI=1S/C10H16N4O2/c1-9(15)3-4-10(16)11-5-2-7-14-8-6-12-13-14/h6,8H,2-5,7H2,1H3,(H,11,16). The fourth-order valence-electron chi connectivity index (χ4n) is 1.20. The van der Waals surface area contributed by atoms with Gasteiger partial charge in [0.1, 0.15) is 5.78 Å². The molecule has 0 aromatic carbocycles. The second-order valence-corrected chi connectivity index (χ2v) is 3.57. The molecular weight excluding hydrogens is 208 g/mol. The van der Waals surface area contributed by atoms with Crippen molar-refractivity contribution < 1.29 is 9.59 Å². The topological polar surface area (TPSA) is 76.9 Å². The zero-order valence-electron chi connectivity index (χ0n) is 9.35. The Morgan fingerprint density at radius 1 is 1.38 bits per heavy atom. The molecule has 1 rings (SSSR count). The predicted molar refractivity (Wildman–Crippen MR) is 57.6 cm³/mol. The molecular formula is C10H16N4O2. The summed E-state index contributed by atoms with van der Waals surface area (Å²) < 4.78 is 1.71. The zero-order chi connectivity index (χ0) is 11.8. The monoisotopic (exact) mass is 224 g/mol. The van der Waals surface area contributed by atoms with E-state index in [0.29, 0.717) is 13.0 Å². The number of amides is 1. The number of carbonyl (C=O) groups is 2. The van der Waals surface area contributed by atoms with Crippen molar-refractivity contribution in [2.24, 2.45) is 0 Å². The molecule has 0 aliphatic rings. The average Bonchev–Trinajstić information content (AvgIpc) is 2.74. The van der Waals surface area contributed by atoms with Crippen molar-refractivity contribution in [3.05, 3.63) is 12.4 Å². The van der Waals surface area contributed by atoms with Gasteiger partial charge in [0.05, 0.1) is 6.20 Å². The van der Waals surface area contributed by atoms with Crippen molar-refractivity contribution in [1.29, 1.82) is 0 Å². The summed E-state index contributed by atoms with van der Waals surface area (Å²) in [5.74, 6) is -0.0356. The van der Waals surface area contributed by atoms with Crippen molar-refractivity contribution in [1.82, 2.24) is 20.3 Å². The van der Waals surface area contributed by atoms with Crippen molar-refractivity contribution in [3.8, 4) is 0 Å². The summed E-state index contributed by atoms with van der Waals surface area (Å²) in [6.45, 7) is 2.81. The first-order valence-corrected chi connectivity index (χ1v) is 5.28. The summed E-state index contributed by atoms with van der Waals surface area (Å²) in [5, 5.41) is 10.2. The van der Waals surface area contributed by atoms with Crippen LogP contribution in [0.5, 0.6) is 0 Å². The Balaban J connectivity index is 2.02. The molecule has 0 radical (unpaired) electrons. The van der Waals surface area contributed by atoms with E-state index in [1.54, 1.807) is 17.1 Å². The molecule has 0 atom stereocenters. The van der Waals surface area contributed by atoms with E-state index < -0.39 is 0 Å². The van der Waals surface area contributed by atoms with E-state index in [-0.39, 0.29) is 18.1 Å². The summed E-state index contributed by atoms with van der Waals surface area (Å²) in [7, 11) is 0. The number of ketones is 1. The number of nitrogens with one attached hydrogen (secondary N) is 1. The van der Waals surface area contributed by atoms with Crippen LogP contribution in [0.15, 0.2) is 12.4 Å². The van der Waals surface area contributed by atoms with Gasteiger partial charge >= 0.3 is 0 Å². The minimum atomic E-state index is -0.0752. The van der Waals surface area contributed by atoms with Gasteiger partial charge < -0.3 is 10.1 Å². The molecule has 1 amide bonds. The van der Waals surface area contributed by atoms with Crippen LogP contribution in [0.3, 0.4) is 0 Å². The molecule has 1 aromatic rings. The van der Waals surface area contributed by atoms with Gasteiger partial charge in [-0.05, 0) is 13.3 Å². The summed E-state index contributed by atoms with van der Waals surface area (Å²) in [6.07, 6.45) is 4.78. The minimum Gasteiger partial charge on any atom is -0.356 e. The van der Waals surface area contributed by atoms with Crippen LogP contribution in [0.4, 0.5) is 0 Å². The number of aryl methyl sites for hydroxylation is 1. The van der Waals surface area contributed by atoms with Gasteiger partial charge in [-0.15, -0.1) is 5.10 Å². The van der Waals surface area contributed by atoms with E-state index in [9.17, 15) is 9.59 Å². The lowest BCUT2D eigenvalue weighted by Crippen LogP contribution is -2.25. The summed E-state index contributed by atoms with van der Waals surface area (Å²) in [5.41, 5.74) is 0. The summed E-state index contributed by atoms with van der Waals surface area (Å²) in [4.78, 5) is 21.8. The molecule has 1 aromatic heterocycles. The molecule has 0 aliphatic carbocycles. The van der Waals surface area contributed by atoms with E-state index in [0.717, 1.165) is 13.0 Å². The number of aromatic nitrogens is 3. The molecule has 88 valence electrons. The molecule has 16 heavy (non-hydrogen) atoms. The Bertz CT molecular complexity index is 335. The quantitative estimate of drug-likeness (QED) is 0.669. The Morgan fingerprint density at radius 2 is 2.19 bits per heavy atom. The smallest absolute Gasteiger partial charge is 0.220 e. The Labute approximate surface area is 94.0 Å². The van der Waals surface area contributed by atoms with Crippen molar-refractivity contribution in [2.75, 3.05) is 6.54 Å². The third kappa shape index (κ3) is 5.23.